The van der Waals surface area contributed by atoms with Gasteiger partial charge in [0.15, 0.2) is 0 Å². The molecule has 2 unspecified atom stereocenters. The molecule has 0 aromatic heterocycles. The third-order valence-electron chi connectivity index (χ3n) is 4.97. The predicted octanol–water partition coefficient (Wildman–Crippen LogP) is 0.671. The third kappa shape index (κ3) is 3.77. The summed E-state index contributed by atoms with van der Waals surface area (Å²) in [6.45, 7) is 1.81. The molecule has 2 fully saturated rings. The van der Waals surface area contributed by atoms with E-state index in [4.69, 9.17) is 15.2 Å². The van der Waals surface area contributed by atoms with Gasteiger partial charge in [0.25, 0.3) is 0 Å². The van der Waals surface area contributed by atoms with Gasteiger partial charge < -0.3 is 25.4 Å². The molecular formula is C18H25N3O4. The maximum atomic E-state index is 12.7. The molecule has 0 radical (unpaired) electrons. The van der Waals surface area contributed by atoms with Crippen LogP contribution in [0.5, 0.6) is 5.75 Å². The molecule has 1 aromatic carbocycles. The van der Waals surface area contributed by atoms with Crippen molar-refractivity contribution in [2.24, 2.45) is 11.7 Å². The largest absolute Gasteiger partial charge is 0.495 e. The van der Waals surface area contributed by atoms with E-state index in [0.29, 0.717) is 31.9 Å². The molecule has 3 rings (SSSR count). The third-order valence-corrected chi connectivity index (χ3v) is 4.97. The number of nitrogens with two attached hydrogens (primary N) is 1. The number of methoxy groups -OCH3 is 1. The zero-order chi connectivity index (χ0) is 17.8. The second-order valence-corrected chi connectivity index (χ2v) is 6.49. The quantitative estimate of drug-likeness (QED) is 0.816. The van der Waals surface area contributed by atoms with Crippen LogP contribution in [-0.4, -0.2) is 50.8 Å². The number of hydrogen-bond donors (Lipinski definition) is 2. The van der Waals surface area contributed by atoms with E-state index in [1.165, 1.54) is 0 Å². The Bertz CT molecular complexity index is 631. The van der Waals surface area contributed by atoms with E-state index in [0.717, 1.165) is 18.5 Å². The summed E-state index contributed by atoms with van der Waals surface area (Å²) in [5, 5.41) is 2.83. The van der Waals surface area contributed by atoms with Gasteiger partial charge in [0.1, 0.15) is 11.8 Å². The number of nitrogens with one attached hydrogen (secondary N) is 1. The molecule has 1 aromatic rings. The van der Waals surface area contributed by atoms with Gasteiger partial charge in [-0.3, -0.25) is 9.59 Å². The molecular weight excluding hydrogens is 322 g/mol. The molecule has 7 nitrogen and oxygen atoms in total. The Balaban J connectivity index is 1.63. The number of nitrogens with zero attached hydrogens (tertiary/aromatic N) is 1. The van der Waals surface area contributed by atoms with Crippen molar-refractivity contribution >= 4 is 17.5 Å². The topological polar surface area (TPSA) is 93.9 Å². The number of amides is 2. The SMILES string of the molecule is COc1ccccc1N1CCC(NC(=O)C(N)C2CCOCC2)C1=O. The van der Waals surface area contributed by atoms with Crippen LogP contribution in [0.15, 0.2) is 24.3 Å². The molecule has 0 bridgehead atoms. The number of carbonyl (C=O) groups excluding carboxylic acids is 2. The summed E-state index contributed by atoms with van der Waals surface area (Å²) in [6, 6.07) is 6.23. The highest BCUT2D eigenvalue weighted by atomic mass is 16.5. The molecule has 136 valence electrons. The van der Waals surface area contributed by atoms with Crippen LogP contribution in [0, 0.1) is 5.92 Å². The molecule has 2 amide bonds. The van der Waals surface area contributed by atoms with Gasteiger partial charge in [-0.05, 0) is 37.3 Å². The van der Waals surface area contributed by atoms with Crippen molar-refractivity contribution in [3.63, 3.8) is 0 Å². The molecule has 2 heterocycles. The van der Waals surface area contributed by atoms with Crippen molar-refractivity contribution in [1.82, 2.24) is 5.32 Å². The monoisotopic (exact) mass is 347 g/mol. The van der Waals surface area contributed by atoms with E-state index in [-0.39, 0.29) is 17.7 Å². The zero-order valence-corrected chi connectivity index (χ0v) is 14.4. The summed E-state index contributed by atoms with van der Waals surface area (Å²) in [7, 11) is 1.57. The fourth-order valence-corrected chi connectivity index (χ4v) is 3.46. The number of carbonyl (C=O) groups is 2. The Morgan fingerprint density at radius 3 is 2.76 bits per heavy atom. The first-order valence-electron chi connectivity index (χ1n) is 8.70. The van der Waals surface area contributed by atoms with E-state index >= 15 is 0 Å². The zero-order valence-electron chi connectivity index (χ0n) is 14.4. The first-order chi connectivity index (χ1) is 12.1. The number of anilines is 1. The molecule has 0 aliphatic carbocycles. The summed E-state index contributed by atoms with van der Waals surface area (Å²) in [6.07, 6.45) is 2.12. The minimum absolute atomic E-state index is 0.107. The lowest BCUT2D eigenvalue weighted by Gasteiger charge is -2.27. The second kappa shape index (κ2) is 7.84. The summed E-state index contributed by atoms with van der Waals surface area (Å²) in [5.74, 6) is 0.362. The van der Waals surface area contributed by atoms with Gasteiger partial charge in [0.2, 0.25) is 11.8 Å². The van der Waals surface area contributed by atoms with E-state index in [1.54, 1.807) is 12.0 Å². The van der Waals surface area contributed by atoms with E-state index in [2.05, 4.69) is 5.32 Å². The Labute approximate surface area is 147 Å². The van der Waals surface area contributed by atoms with Crippen molar-refractivity contribution in [2.75, 3.05) is 31.8 Å². The highest BCUT2D eigenvalue weighted by molar-refractivity contribution is 6.02. The van der Waals surface area contributed by atoms with E-state index < -0.39 is 12.1 Å². The average Bonchev–Trinajstić information content (AvgIpc) is 3.02. The van der Waals surface area contributed by atoms with Gasteiger partial charge in [0.05, 0.1) is 18.8 Å². The maximum Gasteiger partial charge on any atom is 0.249 e. The highest BCUT2D eigenvalue weighted by Gasteiger charge is 2.36. The minimum atomic E-state index is -0.600. The van der Waals surface area contributed by atoms with Crippen LogP contribution in [0.2, 0.25) is 0 Å². The van der Waals surface area contributed by atoms with Gasteiger partial charge in [0, 0.05) is 19.8 Å². The summed E-state index contributed by atoms with van der Waals surface area (Å²) in [5.41, 5.74) is 6.82. The second-order valence-electron chi connectivity index (χ2n) is 6.49. The number of rotatable bonds is 5. The Morgan fingerprint density at radius 2 is 2.04 bits per heavy atom. The molecule has 2 aliphatic rings. The lowest BCUT2D eigenvalue weighted by Crippen LogP contribution is -2.51. The first kappa shape index (κ1) is 17.7. The van der Waals surface area contributed by atoms with Gasteiger partial charge in [-0.15, -0.1) is 0 Å². The molecule has 2 atom stereocenters. The number of para-hydroxylation sites is 2. The molecule has 7 heteroatoms. The average molecular weight is 347 g/mol. The summed E-state index contributed by atoms with van der Waals surface area (Å²) < 4.78 is 10.6. The standard InChI is InChI=1S/C18H25N3O4/c1-24-15-5-3-2-4-14(15)21-9-6-13(18(21)23)20-17(22)16(19)12-7-10-25-11-8-12/h2-5,12-13,16H,6-11,19H2,1H3,(H,20,22). The molecule has 25 heavy (non-hydrogen) atoms. The van der Waals surface area contributed by atoms with Crippen molar-refractivity contribution in [1.29, 1.82) is 0 Å². The molecule has 2 saturated heterocycles. The van der Waals surface area contributed by atoms with Crippen molar-refractivity contribution < 1.29 is 19.1 Å². The van der Waals surface area contributed by atoms with Crippen molar-refractivity contribution in [3.05, 3.63) is 24.3 Å². The lowest BCUT2D eigenvalue weighted by molar-refractivity contribution is -0.128. The Morgan fingerprint density at radius 1 is 1.32 bits per heavy atom. The Kier molecular flexibility index (Phi) is 5.55. The number of benzene rings is 1. The van der Waals surface area contributed by atoms with Crippen LogP contribution in [0.25, 0.3) is 0 Å². The fraction of sp³-hybridized carbons (Fsp3) is 0.556. The van der Waals surface area contributed by atoms with E-state index in [1.807, 2.05) is 24.3 Å². The molecule has 0 saturated carbocycles. The van der Waals surface area contributed by atoms with Crippen molar-refractivity contribution in [2.45, 2.75) is 31.3 Å². The van der Waals surface area contributed by atoms with Crippen LogP contribution in [-0.2, 0) is 14.3 Å². The fourth-order valence-electron chi connectivity index (χ4n) is 3.46. The smallest absolute Gasteiger partial charge is 0.249 e. The predicted molar refractivity (Wildman–Crippen MR) is 93.4 cm³/mol. The number of hydrogen-bond acceptors (Lipinski definition) is 5. The van der Waals surface area contributed by atoms with Crippen LogP contribution < -0.4 is 20.7 Å². The van der Waals surface area contributed by atoms with Crippen LogP contribution in [0.3, 0.4) is 0 Å². The Hall–Kier alpha value is -2.12. The van der Waals surface area contributed by atoms with Crippen LogP contribution in [0.4, 0.5) is 5.69 Å². The van der Waals surface area contributed by atoms with E-state index in [9.17, 15) is 9.59 Å². The molecule has 3 N–H and O–H groups in total. The maximum absolute atomic E-state index is 12.7. The van der Waals surface area contributed by atoms with Crippen LogP contribution in [0.1, 0.15) is 19.3 Å². The summed E-state index contributed by atoms with van der Waals surface area (Å²) >= 11 is 0. The van der Waals surface area contributed by atoms with Crippen molar-refractivity contribution in [3.8, 4) is 5.75 Å². The van der Waals surface area contributed by atoms with Gasteiger partial charge in [-0.1, -0.05) is 12.1 Å². The number of ether oxygens (including phenoxy) is 2. The minimum Gasteiger partial charge on any atom is -0.495 e. The summed E-state index contributed by atoms with van der Waals surface area (Å²) in [4.78, 5) is 26.8. The van der Waals surface area contributed by atoms with Crippen LogP contribution >= 0.6 is 0 Å². The first-order valence-corrected chi connectivity index (χ1v) is 8.70. The highest BCUT2D eigenvalue weighted by Crippen LogP contribution is 2.31. The normalized spacial score (nSPS) is 22.7. The van der Waals surface area contributed by atoms with Gasteiger partial charge in [-0.25, -0.2) is 0 Å². The lowest BCUT2D eigenvalue weighted by atomic mass is 9.91. The molecule has 2 aliphatic heterocycles. The molecule has 0 spiro atoms. The van der Waals surface area contributed by atoms with Gasteiger partial charge >= 0.3 is 0 Å². The van der Waals surface area contributed by atoms with Gasteiger partial charge in [-0.2, -0.15) is 0 Å².